The van der Waals surface area contributed by atoms with Gasteiger partial charge in [-0.05, 0) is 72.1 Å². The summed E-state index contributed by atoms with van der Waals surface area (Å²) in [5, 5.41) is 7.68. The third-order valence-corrected chi connectivity index (χ3v) is 9.69. The Labute approximate surface area is 253 Å². The number of nitrogens with zero attached hydrogens (tertiary/aromatic N) is 2. The maximum absolute atomic E-state index is 2.42. The maximum Gasteiger partial charge on any atom is 0.0548 e. The molecule has 2 aromatic heterocycles. The summed E-state index contributed by atoms with van der Waals surface area (Å²) in [6.07, 6.45) is 0. The van der Waals surface area contributed by atoms with Crippen LogP contribution in [0.1, 0.15) is 0 Å². The fraction of sp³-hybridized carbons (Fsp3) is 0. The zero-order chi connectivity index (χ0) is 28.3. The molecule has 0 amide bonds. The molecule has 0 spiro atoms. The molecule has 0 aliphatic carbocycles. The zero-order valence-electron chi connectivity index (χ0n) is 23.3. The molecule has 9 rings (SSSR count). The Balaban J connectivity index is 1.25. The van der Waals surface area contributed by atoms with Crippen molar-refractivity contribution in [2.24, 2.45) is 0 Å². The number of thiophene rings is 1. The summed E-state index contributed by atoms with van der Waals surface area (Å²) >= 11 is 1.88. The first-order valence-corrected chi connectivity index (χ1v) is 15.4. The van der Waals surface area contributed by atoms with E-state index in [4.69, 9.17) is 0 Å². The monoisotopic (exact) mass is 566 g/mol. The van der Waals surface area contributed by atoms with Crippen LogP contribution in [0.15, 0.2) is 158 Å². The Kier molecular flexibility index (Phi) is 5.40. The first-order valence-electron chi connectivity index (χ1n) is 14.6. The number of rotatable bonds is 4. The van der Waals surface area contributed by atoms with Gasteiger partial charge >= 0.3 is 0 Å². The van der Waals surface area contributed by atoms with Crippen LogP contribution in [0.5, 0.6) is 0 Å². The summed E-state index contributed by atoms with van der Waals surface area (Å²) in [6.45, 7) is 0. The highest BCUT2D eigenvalue weighted by Crippen LogP contribution is 2.42. The van der Waals surface area contributed by atoms with E-state index < -0.39 is 0 Å². The van der Waals surface area contributed by atoms with Gasteiger partial charge in [0.25, 0.3) is 0 Å². The van der Waals surface area contributed by atoms with Gasteiger partial charge in [0.1, 0.15) is 0 Å². The highest BCUT2D eigenvalue weighted by molar-refractivity contribution is 7.25. The van der Waals surface area contributed by atoms with Crippen molar-refractivity contribution in [2.75, 3.05) is 4.90 Å². The smallest absolute Gasteiger partial charge is 0.0548 e. The molecule has 0 N–H and O–H groups in total. The fourth-order valence-electron chi connectivity index (χ4n) is 6.62. The van der Waals surface area contributed by atoms with Gasteiger partial charge in [-0.1, -0.05) is 91.0 Å². The molecule has 0 aliphatic rings. The summed E-state index contributed by atoms with van der Waals surface area (Å²) in [6, 6.07) is 57.1. The van der Waals surface area contributed by atoms with Crippen molar-refractivity contribution in [3.63, 3.8) is 0 Å². The van der Waals surface area contributed by atoms with Crippen LogP contribution < -0.4 is 4.90 Å². The molecule has 9 aromatic rings. The first kappa shape index (κ1) is 24.2. The predicted molar refractivity (Wildman–Crippen MR) is 186 cm³/mol. The van der Waals surface area contributed by atoms with E-state index >= 15 is 0 Å². The highest BCUT2D eigenvalue weighted by Gasteiger charge is 2.18. The van der Waals surface area contributed by atoms with Gasteiger partial charge in [-0.2, -0.15) is 0 Å². The lowest BCUT2D eigenvalue weighted by Gasteiger charge is -2.27. The summed E-state index contributed by atoms with van der Waals surface area (Å²) in [5.41, 5.74) is 7.04. The number of para-hydroxylation sites is 2. The number of anilines is 3. The second kappa shape index (κ2) is 9.59. The minimum Gasteiger partial charge on any atom is -0.310 e. The minimum atomic E-state index is 1.12. The van der Waals surface area contributed by atoms with Crippen molar-refractivity contribution in [3.8, 4) is 5.69 Å². The summed E-state index contributed by atoms with van der Waals surface area (Å²) in [4.78, 5) is 2.36. The molecular formula is C40H26N2S. The van der Waals surface area contributed by atoms with Crippen molar-refractivity contribution in [1.29, 1.82) is 0 Å². The van der Waals surface area contributed by atoms with E-state index in [-0.39, 0.29) is 0 Å². The van der Waals surface area contributed by atoms with Gasteiger partial charge in [0.15, 0.2) is 0 Å². The Bertz CT molecular complexity index is 2440. The molecule has 202 valence electrons. The molecule has 0 unspecified atom stereocenters. The first-order chi connectivity index (χ1) is 21.3. The van der Waals surface area contributed by atoms with Crippen LogP contribution in [-0.2, 0) is 0 Å². The van der Waals surface area contributed by atoms with Crippen LogP contribution in [0.3, 0.4) is 0 Å². The Morgan fingerprint density at radius 3 is 1.95 bits per heavy atom. The number of fused-ring (bicyclic) bond motifs is 7. The van der Waals surface area contributed by atoms with Crippen LogP contribution in [0.2, 0.25) is 0 Å². The maximum atomic E-state index is 2.42. The summed E-state index contributed by atoms with van der Waals surface area (Å²) in [5.74, 6) is 0. The molecule has 2 heterocycles. The number of hydrogen-bond acceptors (Lipinski definition) is 2. The fourth-order valence-corrected chi connectivity index (χ4v) is 7.75. The van der Waals surface area contributed by atoms with Crippen LogP contribution in [0.4, 0.5) is 17.1 Å². The quantitative estimate of drug-likeness (QED) is 0.206. The van der Waals surface area contributed by atoms with Crippen molar-refractivity contribution < 1.29 is 0 Å². The normalized spacial score (nSPS) is 11.7. The molecule has 0 fully saturated rings. The average molecular weight is 567 g/mol. The lowest BCUT2D eigenvalue weighted by atomic mass is 10.1. The second-order valence-electron chi connectivity index (χ2n) is 11.0. The standard InChI is InChI=1S/C40H26N2S/c1-2-13-28(14-3-1)41(36-19-10-12-27-11-4-5-15-31(27)36)29-21-23-30(24-22-29)42-37-18-8-6-16-32(37)34-26-40-35(25-38(34)42)33-17-7-9-20-39(33)43-40/h1-26H. The van der Waals surface area contributed by atoms with Crippen molar-refractivity contribution >= 4 is 81.1 Å². The van der Waals surface area contributed by atoms with Gasteiger partial charge in [0.05, 0.1) is 16.7 Å². The van der Waals surface area contributed by atoms with Crippen LogP contribution in [0.25, 0.3) is 58.4 Å². The van der Waals surface area contributed by atoms with E-state index in [1.807, 2.05) is 11.3 Å². The molecule has 0 radical (unpaired) electrons. The summed E-state index contributed by atoms with van der Waals surface area (Å²) in [7, 11) is 0. The van der Waals surface area contributed by atoms with Crippen molar-refractivity contribution in [2.45, 2.75) is 0 Å². The molecular weight excluding hydrogens is 541 g/mol. The summed E-state index contributed by atoms with van der Waals surface area (Å²) < 4.78 is 5.09. The third kappa shape index (κ3) is 3.79. The van der Waals surface area contributed by atoms with Crippen molar-refractivity contribution in [1.82, 2.24) is 4.57 Å². The molecule has 0 atom stereocenters. The number of benzene rings is 7. The van der Waals surface area contributed by atoms with Crippen LogP contribution in [-0.4, -0.2) is 4.57 Å². The van der Waals surface area contributed by atoms with E-state index in [9.17, 15) is 0 Å². The highest BCUT2D eigenvalue weighted by atomic mass is 32.1. The molecule has 0 bridgehead atoms. The number of hydrogen-bond donors (Lipinski definition) is 0. The predicted octanol–water partition coefficient (Wildman–Crippen LogP) is 11.8. The Morgan fingerprint density at radius 2 is 1.09 bits per heavy atom. The second-order valence-corrected chi connectivity index (χ2v) is 12.1. The average Bonchev–Trinajstić information content (AvgIpc) is 3.60. The largest absolute Gasteiger partial charge is 0.310 e. The van der Waals surface area contributed by atoms with Gasteiger partial charge < -0.3 is 9.47 Å². The van der Waals surface area contributed by atoms with Gasteiger partial charge in [0, 0.05) is 53.4 Å². The van der Waals surface area contributed by atoms with E-state index in [1.165, 1.54) is 58.4 Å². The Hall–Kier alpha value is -5.38. The third-order valence-electron chi connectivity index (χ3n) is 8.56. The van der Waals surface area contributed by atoms with Gasteiger partial charge in [0.2, 0.25) is 0 Å². The van der Waals surface area contributed by atoms with Crippen molar-refractivity contribution in [3.05, 3.63) is 158 Å². The molecule has 0 saturated carbocycles. The van der Waals surface area contributed by atoms with Gasteiger partial charge in [-0.3, -0.25) is 0 Å². The molecule has 7 aromatic carbocycles. The van der Waals surface area contributed by atoms with E-state index in [1.54, 1.807) is 0 Å². The molecule has 0 aliphatic heterocycles. The molecule has 3 heteroatoms. The Morgan fingerprint density at radius 1 is 0.419 bits per heavy atom. The van der Waals surface area contributed by atoms with E-state index in [0.29, 0.717) is 0 Å². The lowest BCUT2D eigenvalue weighted by molar-refractivity contribution is 1.18. The zero-order valence-corrected chi connectivity index (χ0v) is 24.1. The topological polar surface area (TPSA) is 8.17 Å². The van der Waals surface area contributed by atoms with E-state index in [0.717, 1.165) is 17.1 Å². The van der Waals surface area contributed by atoms with Gasteiger partial charge in [-0.15, -0.1) is 11.3 Å². The van der Waals surface area contributed by atoms with Crippen LogP contribution >= 0.6 is 11.3 Å². The SMILES string of the molecule is c1ccc(N(c2ccc(-n3c4ccccc4c4cc5sc6ccccc6c5cc43)cc2)c2cccc3ccccc23)cc1. The number of aromatic nitrogens is 1. The molecule has 43 heavy (non-hydrogen) atoms. The molecule has 2 nitrogen and oxygen atoms in total. The lowest BCUT2D eigenvalue weighted by Crippen LogP contribution is -2.10. The van der Waals surface area contributed by atoms with Crippen LogP contribution in [0, 0.1) is 0 Å². The minimum absolute atomic E-state index is 1.12. The molecule has 0 saturated heterocycles. The van der Waals surface area contributed by atoms with Gasteiger partial charge in [-0.25, -0.2) is 0 Å². The van der Waals surface area contributed by atoms with E-state index in [2.05, 4.69) is 167 Å².